The van der Waals surface area contributed by atoms with Crippen molar-refractivity contribution in [1.29, 1.82) is 0 Å². The Morgan fingerprint density at radius 1 is 1.40 bits per heavy atom. The van der Waals surface area contributed by atoms with Crippen molar-refractivity contribution in [3.05, 3.63) is 24.2 Å². The molecule has 2 unspecified atom stereocenters. The largest absolute Gasteiger partial charge is 0.467 e. The maximum atomic E-state index is 12.6. The maximum Gasteiger partial charge on any atom is 0.391 e. The zero-order valence-electron chi connectivity index (χ0n) is 10.9. The van der Waals surface area contributed by atoms with Gasteiger partial charge < -0.3 is 15.1 Å². The fourth-order valence-corrected chi connectivity index (χ4v) is 2.44. The molecule has 0 bridgehead atoms. The zero-order chi connectivity index (χ0) is 14.6. The van der Waals surface area contributed by atoms with Crippen LogP contribution in [0.15, 0.2) is 22.8 Å². The highest BCUT2D eigenvalue weighted by Gasteiger charge is 2.42. The van der Waals surface area contributed by atoms with Gasteiger partial charge in [-0.1, -0.05) is 6.42 Å². The van der Waals surface area contributed by atoms with E-state index in [4.69, 9.17) is 4.42 Å². The van der Waals surface area contributed by atoms with Crippen LogP contribution in [0, 0.1) is 5.92 Å². The Morgan fingerprint density at radius 2 is 2.20 bits per heavy atom. The molecule has 0 aliphatic heterocycles. The number of nitrogens with one attached hydrogen (secondary N) is 2. The van der Waals surface area contributed by atoms with E-state index in [0.29, 0.717) is 18.6 Å². The number of furan rings is 1. The van der Waals surface area contributed by atoms with Crippen LogP contribution in [0.1, 0.15) is 31.4 Å². The average molecular weight is 290 g/mol. The van der Waals surface area contributed by atoms with Gasteiger partial charge in [-0.3, -0.25) is 0 Å². The van der Waals surface area contributed by atoms with Gasteiger partial charge in [0.1, 0.15) is 5.76 Å². The summed E-state index contributed by atoms with van der Waals surface area (Å²) in [6.45, 7) is 0.217. The van der Waals surface area contributed by atoms with Crippen molar-refractivity contribution >= 4 is 6.03 Å². The lowest BCUT2D eigenvalue weighted by atomic mass is 9.85. The van der Waals surface area contributed by atoms with E-state index in [9.17, 15) is 18.0 Å². The van der Waals surface area contributed by atoms with E-state index in [0.717, 1.165) is 0 Å². The van der Waals surface area contributed by atoms with Crippen molar-refractivity contribution < 1.29 is 22.4 Å². The van der Waals surface area contributed by atoms with E-state index in [1.165, 1.54) is 6.26 Å². The summed E-state index contributed by atoms with van der Waals surface area (Å²) in [6, 6.07) is 2.52. The van der Waals surface area contributed by atoms with Crippen molar-refractivity contribution in [2.75, 3.05) is 0 Å². The molecule has 20 heavy (non-hydrogen) atoms. The molecule has 2 atom stereocenters. The molecule has 1 saturated carbocycles. The summed E-state index contributed by atoms with van der Waals surface area (Å²) in [5, 5.41) is 5.15. The van der Waals surface area contributed by atoms with Gasteiger partial charge in [0.05, 0.1) is 18.7 Å². The average Bonchev–Trinajstić information content (AvgIpc) is 2.89. The first-order valence-corrected chi connectivity index (χ1v) is 6.58. The Balaban J connectivity index is 1.76. The Labute approximate surface area is 114 Å². The number of hydrogen-bond acceptors (Lipinski definition) is 2. The lowest BCUT2D eigenvalue weighted by Gasteiger charge is -2.30. The number of halogens is 3. The molecule has 1 aromatic heterocycles. The highest BCUT2D eigenvalue weighted by molar-refractivity contribution is 5.74. The van der Waals surface area contributed by atoms with Crippen LogP contribution < -0.4 is 10.6 Å². The lowest BCUT2D eigenvalue weighted by Crippen LogP contribution is -2.45. The predicted molar refractivity (Wildman–Crippen MR) is 65.9 cm³/mol. The molecule has 0 saturated heterocycles. The van der Waals surface area contributed by atoms with Crippen LogP contribution in [0.5, 0.6) is 0 Å². The highest BCUT2D eigenvalue weighted by Crippen LogP contribution is 2.37. The summed E-state index contributed by atoms with van der Waals surface area (Å²) in [6.07, 6.45) is -1.52. The number of rotatable bonds is 3. The first-order chi connectivity index (χ1) is 9.45. The first-order valence-electron chi connectivity index (χ1n) is 6.58. The normalized spacial score (nSPS) is 23.4. The number of urea groups is 1. The topological polar surface area (TPSA) is 54.3 Å². The molecule has 4 nitrogen and oxygen atoms in total. The van der Waals surface area contributed by atoms with Crippen molar-refractivity contribution in [2.45, 2.75) is 44.4 Å². The Hall–Kier alpha value is -1.66. The molecule has 1 aromatic rings. The second-order valence-corrected chi connectivity index (χ2v) is 5.01. The van der Waals surface area contributed by atoms with E-state index in [1.807, 2.05) is 0 Å². The van der Waals surface area contributed by atoms with Crippen LogP contribution in [0.2, 0.25) is 0 Å². The lowest BCUT2D eigenvalue weighted by molar-refractivity contribution is -0.183. The third-order valence-electron chi connectivity index (χ3n) is 3.48. The van der Waals surface area contributed by atoms with Gasteiger partial charge in [-0.2, -0.15) is 13.2 Å². The molecule has 1 heterocycles. The molecule has 7 heteroatoms. The smallest absolute Gasteiger partial charge is 0.391 e. The molecule has 1 aliphatic rings. The Kier molecular flexibility index (Phi) is 4.57. The Bertz CT molecular complexity index is 431. The summed E-state index contributed by atoms with van der Waals surface area (Å²) < 4.78 is 43.0. The zero-order valence-corrected chi connectivity index (χ0v) is 10.9. The molecule has 0 radical (unpaired) electrons. The molecule has 2 rings (SSSR count). The van der Waals surface area contributed by atoms with Crippen LogP contribution in [-0.4, -0.2) is 18.2 Å². The van der Waals surface area contributed by atoms with Gasteiger partial charge in [0.15, 0.2) is 0 Å². The van der Waals surface area contributed by atoms with Gasteiger partial charge in [-0.15, -0.1) is 0 Å². The molecule has 1 fully saturated rings. The minimum absolute atomic E-state index is 0.0440. The molecule has 112 valence electrons. The molecule has 0 aromatic carbocycles. The second-order valence-electron chi connectivity index (χ2n) is 5.01. The SMILES string of the molecule is O=C(NCc1ccco1)NC1CCCC(C(F)(F)F)C1. The highest BCUT2D eigenvalue weighted by atomic mass is 19.4. The van der Waals surface area contributed by atoms with Crippen LogP contribution in [0.3, 0.4) is 0 Å². The molecular weight excluding hydrogens is 273 g/mol. The molecule has 0 spiro atoms. The van der Waals surface area contributed by atoms with Crippen molar-refractivity contribution in [3.63, 3.8) is 0 Å². The quantitative estimate of drug-likeness (QED) is 0.898. The van der Waals surface area contributed by atoms with E-state index < -0.39 is 24.2 Å². The summed E-state index contributed by atoms with van der Waals surface area (Å²) >= 11 is 0. The van der Waals surface area contributed by atoms with Crippen LogP contribution in [0.25, 0.3) is 0 Å². The maximum absolute atomic E-state index is 12.6. The monoisotopic (exact) mass is 290 g/mol. The van der Waals surface area contributed by atoms with Gasteiger partial charge >= 0.3 is 12.2 Å². The van der Waals surface area contributed by atoms with Gasteiger partial charge in [-0.05, 0) is 31.4 Å². The standard InChI is InChI=1S/C13H17F3N2O2/c14-13(15,16)9-3-1-4-10(7-9)18-12(19)17-8-11-5-2-6-20-11/h2,5-6,9-10H,1,3-4,7-8H2,(H2,17,18,19). The van der Waals surface area contributed by atoms with E-state index in [1.54, 1.807) is 12.1 Å². The minimum atomic E-state index is -4.18. The van der Waals surface area contributed by atoms with Gasteiger partial charge in [0.2, 0.25) is 0 Å². The number of alkyl halides is 3. The Morgan fingerprint density at radius 3 is 2.85 bits per heavy atom. The number of carbonyl (C=O) groups is 1. The van der Waals surface area contributed by atoms with Gasteiger partial charge in [0, 0.05) is 6.04 Å². The molecule has 2 amide bonds. The third-order valence-corrected chi connectivity index (χ3v) is 3.48. The number of amides is 2. The van der Waals surface area contributed by atoms with Crippen molar-refractivity contribution in [1.82, 2.24) is 10.6 Å². The van der Waals surface area contributed by atoms with Crippen molar-refractivity contribution in [2.24, 2.45) is 5.92 Å². The fraction of sp³-hybridized carbons (Fsp3) is 0.615. The molecule has 2 N–H and O–H groups in total. The van der Waals surface area contributed by atoms with Crippen LogP contribution in [0.4, 0.5) is 18.0 Å². The van der Waals surface area contributed by atoms with E-state index in [2.05, 4.69) is 10.6 Å². The first kappa shape index (κ1) is 14.7. The fourth-order valence-electron chi connectivity index (χ4n) is 2.44. The van der Waals surface area contributed by atoms with E-state index >= 15 is 0 Å². The van der Waals surface area contributed by atoms with Gasteiger partial charge in [0.25, 0.3) is 0 Å². The summed E-state index contributed by atoms with van der Waals surface area (Å²) in [7, 11) is 0. The van der Waals surface area contributed by atoms with Gasteiger partial charge in [-0.25, -0.2) is 4.79 Å². The summed E-state index contributed by atoms with van der Waals surface area (Å²) in [5.74, 6) is -0.719. The second kappa shape index (κ2) is 6.19. The number of hydrogen-bond donors (Lipinski definition) is 2. The van der Waals surface area contributed by atoms with Crippen LogP contribution in [-0.2, 0) is 6.54 Å². The third kappa shape index (κ3) is 4.18. The summed E-state index contributed by atoms with van der Waals surface area (Å²) in [4.78, 5) is 11.6. The predicted octanol–water partition coefficient (Wildman–Crippen LogP) is 3.20. The van der Waals surface area contributed by atoms with E-state index in [-0.39, 0.29) is 19.4 Å². The van der Waals surface area contributed by atoms with Crippen molar-refractivity contribution in [3.8, 4) is 0 Å². The molecular formula is C13H17F3N2O2. The van der Waals surface area contributed by atoms with Crippen LogP contribution >= 0.6 is 0 Å². The number of carbonyl (C=O) groups excluding carboxylic acids is 1. The minimum Gasteiger partial charge on any atom is -0.467 e. The molecule has 1 aliphatic carbocycles. The summed E-state index contributed by atoms with van der Waals surface area (Å²) in [5.41, 5.74) is 0.